The summed E-state index contributed by atoms with van der Waals surface area (Å²) in [6.45, 7) is 0.910. The Bertz CT molecular complexity index is 1180. The molecule has 0 aliphatic heterocycles. The molecule has 0 aliphatic carbocycles. The zero-order valence-corrected chi connectivity index (χ0v) is 15.8. The van der Waals surface area contributed by atoms with Gasteiger partial charge in [0, 0.05) is 43.3 Å². The molecule has 0 spiro atoms. The highest BCUT2D eigenvalue weighted by molar-refractivity contribution is 5.89. The van der Waals surface area contributed by atoms with E-state index in [9.17, 15) is 13.6 Å². The number of hydrogen-bond donors (Lipinski definition) is 2. The van der Waals surface area contributed by atoms with E-state index in [-0.39, 0.29) is 5.69 Å². The van der Waals surface area contributed by atoms with Crippen molar-refractivity contribution in [2.75, 3.05) is 11.9 Å². The second kappa shape index (κ2) is 8.64. The fourth-order valence-corrected chi connectivity index (χ4v) is 3.09. The van der Waals surface area contributed by atoms with Crippen molar-refractivity contribution in [1.82, 2.24) is 24.8 Å². The molecule has 1 aromatic carbocycles. The number of carbonyl (C=O) groups excluding carboxylic acids is 1. The van der Waals surface area contributed by atoms with Gasteiger partial charge in [-0.25, -0.2) is 23.5 Å². The van der Waals surface area contributed by atoms with Gasteiger partial charge < -0.3 is 15.2 Å². The van der Waals surface area contributed by atoms with Crippen LogP contribution in [-0.4, -0.2) is 32.1 Å². The van der Waals surface area contributed by atoms with Crippen LogP contribution < -0.4 is 10.6 Å². The predicted molar refractivity (Wildman–Crippen MR) is 109 cm³/mol. The van der Waals surface area contributed by atoms with Crippen LogP contribution in [0.4, 0.5) is 19.3 Å². The fourth-order valence-electron chi connectivity index (χ4n) is 3.09. The summed E-state index contributed by atoms with van der Waals surface area (Å²) in [6, 6.07) is 9.88. The number of halogens is 2. The summed E-state index contributed by atoms with van der Waals surface area (Å²) in [7, 11) is 0. The lowest BCUT2D eigenvalue weighted by Gasteiger charge is -2.11. The number of amides is 2. The van der Waals surface area contributed by atoms with E-state index >= 15 is 0 Å². The fraction of sp³-hybridized carbons (Fsp3) is 0.143. The molecule has 0 saturated carbocycles. The number of benzene rings is 1. The highest BCUT2D eigenvalue weighted by Gasteiger charge is 2.13. The summed E-state index contributed by atoms with van der Waals surface area (Å²) in [5.41, 5.74) is 2.36. The van der Waals surface area contributed by atoms with Crippen LogP contribution >= 0.6 is 0 Å². The molecule has 0 atom stereocenters. The van der Waals surface area contributed by atoms with Gasteiger partial charge in [-0.05, 0) is 42.8 Å². The Labute approximate surface area is 170 Å². The third-order valence-corrected chi connectivity index (χ3v) is 4.47. The van der Waals surface area contributed by atoms with Gasteiger partial charge >= 0.3 is 6.03 Å². The predicted octanol–water partition coefficient (Wildman–Crippen LogP) is 3.98. The van der Waals surface area contributed by atoms with Crippen molar-refractivity contribution in [1.29, 1.82) is 0 Å². The molecule has 7 nitrogen and oxygen atoms in total. The van der Waals surface area contributed by atoms with E-state index in [0.29, 0.717) is 25.6 Å². The number of rotatable bonds is 6. The molecule has 0 bridgehead atoms. The van der Waals surface area contributed by atoms with Gasteiger partial charge in [0.1, 0.15) is 23.0 Å². The minimum Gasteiger partial charge on any atom is -0.338 e. The average Bonchev–Trinajstić information content (AvgIpc) is 3.12. The Morgan fingerprint density at radius 1 is 1.07 bits per heavy atom. The lowest BCUT2D eigenvalue weighted by atomic mass is 10.2. The van der Waals surface area contributed by atoms with Crippen molar-refractivity contribution >= 4 is 22.9 Å². The third-order valence-electron chi connectivity index (χ3n) is 4.47. The molecule has 9 heteroatoms. The highest BCUT2D eigenvalue weighted by Crippen LogP contribution is 2.23. The monoisotopic (exact) mass is 408 g/mol. The van der Waals surface area contributed by atoms with E-state index in [2.05, 4.69) is 25.6 Å². The van der Waals surface area contributed by atoms with Crippen LogP contribution in [-0.2, 0) is 6.54 Å². The van der Waals surface area contributed by atoms with Crippen LogP contribution in [0.25, 0.3) is 22.6 Å². The lowest BCUT2D eigenvalue weighted by molar-refractivity contribution is 0.251. The third kappa shape index (κ3) is 4.24. The summed E-state index contributed by atoms with van der Waals surface area (Å²) in [6.07, 6.45) is 5.71. The molecule has 152 valence electrons. The molecule has 4 rings (SSSR count). The molecule has 0 fully saturated rings. The van der Waals surface area contributed by atoms with E-state index in [0.717, 1.165) is 28.6 Å². The second-order valence-corrected chi connectivity index (χ2v) is 6.53. The molecule has 2 amide bonds. The first-order valence-corrected chi connectivity index (χ1v) is 9.33. The summed E-state index contributed by atoms with van der Waals surface area (Å²) in [5.74, 6) is -0.767. The van der Waals surface area contributed by atoms with Crippen molar-refractivity contribution in [2.45, 2.75) is 13.0 Å². The number of nitrogens with one attached hydrogen (secondary N) is 2. The number of aromatic nitrogens is 4. The molecular weight excluding hydrogens is 390 g/mol. The van der Waals surface area contributed by atoms with Crippen molar-refractivity contribution in [3.8, 4) is 11.4 Å². The van der Waals surface area contributed by atoms with E-state index < -0.39 is 17.7 Å². The van der Waals surface area contributed by atoms with E-state index in [1.165, 1.54) is 6.07 Å². The molecule has 0 aliphatic rings. The van der Waals surface area contributed by atoms with Gasteiger partial charge in [-0.15, -0.1) is 0 Å². The maximum Gasteiger partial charge on any atom is 0.319 e. The highest BCUT2D eigenvalue weighted by atomic mass is 19.1. The summed E-state index contributed by atoms with van der Waals surface area (Å²) < 4.78 is 28.6. The molecule has 0 radical (unpaired) electrons. The van der Waals surface area contributed by atoms with E-state index in [1.54, 1.807) is 18.6 Å². The first-order valence-electron chi connectivity index (χ1n) is 9.33. The van der Waals surface area contributed by atoms with Gasteiger partial charge in [-0.2, -0.15) is 0 Å². The number of fused-ring (bicyclic) bond motifs is 1. The van der Waals surface area contributed by atoms with Crippen molar-refractivity contribution in [3.63, 3.8) is 0 Å². The molecule has 30 heavy (non-hydrogen) atoms. The summed E-state index contributed by atoms with van der Waals surface area (Å²) >= 11 is 0. The smallest absolute Gasteiger partial charge is 0.319 e. The normalized spacial score (nSPS) is 10.9. The first kappa shape index (κ1) is 19.4. The molecule has 2 N–H and O–H groups in total. The first-order chi connectivity index (χ1) is 14.6. The number of imidazole rings is 1. The van der Waals surface area contributed by atoms with E-state index in [4.69, 9.17) is 0 Å². The number of urea groups is 1. The van der Waals surface area contributed by atoms with Crippen molar-refractivity contribution in [3.05, 3.63) is 72.7 Å². The molecule has 0 saturated heterocycles. The van der Waals surface area contributed by atoms with Gasteiger partial charge in [0.05, 0.1) is 5.69 Å². The minimum absolute atomic E-state index is 0.0846. The number of pyridine rings is 2. The van der Waals surface area contributed by atoms with Crippen LogP contribution in [0.1, 0.15) is 6.42 Å². The Kier molecular flexibility index (Phi) is 5.60. The van der Waals surface area contributed by atoms with Gasteiger partial charge in [0.2, 0.25) is 0 Å². The number of carbonyl (C=O) groups is 1. The van der Waals surface area contributed by atoms with Gasteiger partial charge in [0.15, 0.2) is 5.65 Å². The Hall–Kier alpha value is -3.88. The van der Waals surface area contributed by atoms with Crippen LogP contribution in [0.15, 0.2) is 61.1 Å². The number of nitrogens with zero attached hydrogens (tertiary/aromatic N) is 4. The molecule has 0 unspecified atom stereocenters. The van der Waals surface area contributed by atoms with E-state index in [1.807, 2.05) is 28.8 Å². The maximum atomic E-state index is 13.6. The van der Waals surface area contributed by atoms with Crippen LogP contribution in [0.2, 0.25) is 0 Å². The lowest BCUT2D eigenvalue weighted by Crippen LogP contribution is -2.30. The van der Waals surface area contributed by atoms with Crippen LogP contribution in [0, 0.1) is 11.6 Å². The number of hydrogen-bond acceptors (Lipinski definition) is 4. The Balaban J connectivity index is 1.41. The molecule has 4 aromatic rings. The van der Waals surface area contributed by atoms with Crippen LogP contribution in [0.5, 0.6) is 0 Å². The number of aryl methyl sites for hydroxylation is 1. The topological polar surface area (TPSA) is 84.7 Å². The molecule has 3 aromatic heterocycles. The van der Waals surface area contributed by atoms with Crippen molar-refractivity contribution < 1.29 is 13.6 Å². The summed E-state index contributed by atoms with van der Waals surface area (Å²) in [4.78, 5) is 25.1. The standard InChI is InChI=1S/C21H18F2N6O/c22-15-4-5-17(16(23)13-15)28-21(30)26-9-2-12-29-19(14-6-10-24-11-7-14)27-18-3-1-8-25-20(18)29/h1,3-8,10-11,13H,2,9,12H2,(H2,26,28,30). The molecular formula is C21H18F2N6O. The van der Waals surface area contributed by atoms with Gasteiger partial charge in [0.25, 0.3) is 0 Å². The van der Waals surface area contributed by atoms with Crippen LogP contribution in [0.3, 0.4) is 0 Å². The average molecular weight is 408 g/mol. The SMILES string of the molecule is O=C(NCCCn1c(-c2ccncc2)nc2cccnc21)Nc1ccc(F)cc1F. The molecule has 3 heterocycles. The zero-order chi connectivity index (χ0) is 20.9. The number of anilines is 1. The maximum absolute atomic E-state index is 13.6. The largest absolute Gasteiger partial charge is 0.338 e. The zero-order valence-electron chi connectivity index (χ0n) is 15.8. The van der Waals surface area contributed by atoms with Gasteiger partial charge in [-0.3, -0.25) is 4.98 Å². The Morgan fingerprint density at radius 2 is 1.90 bits per heavy atom. The van der Waals surface area contributed by atoms with Gasteiger partial charge in [-0.1, -0.05) is 0 Å². The summed E-state index contributed by atoms with van der Waals surface area (Å²) in [5, 5.41) is 5.04. The van der Waals surface area contributed by atoms with Crippen molar-refractivity contribution in [2.24, 2.45) is 0 Å². The minimum atomic E-state index is -0.830. The Morgan fingerprint density at radius 3 is 2.70 bits per heavy atom. The second-order valence-electron chi connectivity index (χ2n) is 6.53. The quantitative estimate of drug-likeness (QED) is 0.473.